The Kier molecular flexibility index (Phi) is 4.35. The van der Waals surface area contributed by atoms with Crippen molar-refractivity contribution in [2.24, 2.45) is 11.7 Å². The molecule has 0 spiro atoms. The van der Waals surface area contributed by atoms with Crippen LogP contribution in [0, 0.1) is 5.92 Å². The van der Waals surface area contributed by atoms with Crippen LogP contribution in [0.2, 0.25) is 0 Å². The van der Waals surface area contributed by atoms with E-state index in [-0.39, 0.29) is 5.54 Å². The van der Waals surface area contributed by atoms with Gasteiger partial charge in [-0.05, 0) is 32.7 Å². The zero-order valence-electron chi connectivity index (χ0n) is 9.75. The van der Waals surface area contributed by atoms with E-state index in [9.17, 15) is 0 Å². The summed E-state index contributed by atoms with van der Waals surface area (Å²) >= 11 is 0. The average Bonchev–Trinajstić information content (AvgIpc) is 2.12. The van der Waals surface area contributed by atoms with Gasteiger partial charge >= 0.3 is 0 Å². The molecule has 84 valence electrons. The summed E-state index contributed by atoms with van der Waals surface area (Å²) in [6.45, 7) is 7.73. The van der Waals surface area contributed by atoms with Crippen molar-refractivity contribution in [1.82, 2.24) is 4.90 Å². The molecule has 2 N–H and O–H groups in total. The average molecular weight is 200 g/mol. The smallest absolute Gasteiger partial charge is 0.0593 e. The first-order chi connectivity index (χ1) is 6.64. The van der Waals surface area contributed by atoms with Gasteiger partial charge in [0.25, 0.3) is 0 Å². The quantitative estimate of drug-likeness (QED) is 0.652. The monoisotopic (exact) mass is 200 g/mol. The first kappa shape index (κ1) is 12.0. The highest BCUT2D eigenvalue weighted by molar-refractivity contribution is 5.01. The maximum atomic E-state index is 5.85. The molecule has 1 saturated carbocycles. The van der Waals surface area contributed by atoms with Crippen LogP contribution in [0.15, 0.2) is 0 Å². The molecular formula is C11H24N2O. The molecule has 1 aliphatic rings. The van der Waals surface area contributed by atoms with Crippen LogP contribution in [0.5, 0.6) is 0 Å². The number of nitrogens with zero attached hydrogens (tertiary/aromatic N) is 1. The van der Waals surface area contributed by atoms with Crippen molar-refractivity contribution in [3.05, 3.63) is 0 Å². The number of hydrogen-bond donors (Lipinski definition) is 1. The van der Waals surface area contributed by atoms with E-state index in [1.165, 1.54) is 12.8 Å². The highest BCUT2D eigenvalue weighted by atomic mass is 16.5. The minimum Gasteiger partial charge on any atom is -0.380 e. The molecule has 0 aliphatic heterocycles. The Labute approximate surface area is 87.6 Å². The number of ether oxygens (including phenoxy) is 1. The minimum atomic E-state index is 0.274. The summed E-state index contributed by atoms with van der Waals surface area (Å²) in [5.74, 6) is 0.841. The van der Waals surface area contributed by atoms with Gasteiger partial charge < -0.3 is 10.5 Å². The molecule has 3 heteroatoms. The van der Waals surface area contributed by atoms with E-state index in [4.69, 9.17) is 10.5 Å². The Hall–Kier alpha value is -0.120. The van der Waals surface area contributed by atoms with Crippen LogP contribution in [0.3, 0.4) is 0 Å². The van der Waals surface area contributed by atoms with Crippen LogP contribution in [-0.2, 0) is 4.74 Å². The Bertz CT molecular complexity index is 167. The fraction of sp³-hybridized carbons (Fsp3) is 1.00. The van der Waals surface area contributed by atoms with Crippen LogP contribution in [0.1, 0.15) is 26.7 Å². The summed E-state index contributed by atoms with van der Waals surface area (Å²) in [5.41, 5.74) is 6.13. The van der Waals surface area contributed by atoms with Gasteiger partial charge in [0.1, 0.15) is 0 Å². The molecule has 0 radical (unpaired) electrons. The molecule has 0 heterocycles. The van der Waals surface area contributed by atoms with Crippen LogP contribution in [0.4, 0.5) is 0 Å². The van der Waals surface area contributed by atoms with Gasteiger partial charge in [0.2, 0.25) is 0 Å². The van der Waals surface area contributed by atoms with Crippen molar-refractivity contribution >= 4 is 0 Å². The molecule has 0 aromatic rings. The normalized spacial score (nSPS) is 31.9. The number of likely N-dealkylation sites (N-methyl/N-ethyl adjacent to an activating group) is 1. The maximum Gasteiger partial charge on any atom is 0.0593 e. The molecule has 3 nitrogen and oxygen atoms in total. The fourth-order valence-corrected chi connectivity index (χ4v) is 2.45. The maximum absolute atomic E-state index is 5.85. The molecule has 0 saturated heterocycles. The first-order valence-corrected chi connectivity index (χ1v) is 5.63. The summed E-state index contributed by atoms with van der Waals surface area (Å²) in [6.07, 6.45) is 2.48. The molecule has 0 aromatic carbocycles. The zero-order chi connectivity index (χ0) is 10.6. The van der Waals surface area contributed by atoms with Gasteiger partial charge in [-0.1, -0.05) is 6.92 Å². The third-order valence-electron chi connectivity index (χ3n) is 3.42. The van der Waals surface area contributed by atoms with Gasteiger partial charge in [-0.15, -0.1) is 0 Å². The van der Waals surface area contributed by atoms with E-state index in [2.05, 4.69) is 18.9 Å². The largest absolute Gasteiger partial charge is 0.380 e. The highest BCUT2D eigenvalue weighted by Crippen LogP contribution is 2.40. The Morgan fingerprint density at radius 3 is 2.57 bits per heavy atom. The van der Waals surface area contributed by atoms with Crippen LogP contribution in [-0.4, -0.2) is 43.8 Å². The number of nitrogens with two attached hydrogens (primary N) is 1. The van der Waals surface area contributed by atoms with E-state index >= 15 is 0 Å². The summed E-state index contributed by atoms with van der Waals surface area (Å²) in [6, 6.07) is 0. The summed E-state index contributed by atoms with van der Waals surface area (Å²) in [7, 11) is 2.16. The molecule has 1 aliphatic carbocycles. The van der Waals surface area contributed by atoms with Gasteiger partial charge in [-0.3, -0.25) is 4.90 Å². The van der Waals surface area contributed by atoms with Gasteiger partial charge in [0, 0.05) is 25.2 Å². The van der Waals surface area contributed by atoms with E-state index in [0.717, 1.165) is 32.2 Å². The lowest BCUT2D eigenvalue weighted by Crippen LogP contribution is -2.60. The van der Waals surface area contributed by atoms with Crippen molar-refractivity contribution in [1.29, 1.82) is 0 Å². The lowest BCUT2D eigenvalue weighted by atomic mass is 9.68. The van der Waals surface area contributed by atoms with Gasteiger partial charge in [0.05, 0.1) is 6.61 Å². The second-order valence-corrected chi connectivity index (χ2v) is 4.56. The van der Waals surface area contributed by atoms with Crippen molar-refractivity contribution in [2.75, 3.05) is 33.4 Å². The van der Waals surface area contributed by atoms with Gasteiger partial charge in [-0.25, -0.2) is 0 Å². The van der Waals surface area contributed by atoms with E-state index < -0.39 is 0 Å². The van der Waals surface area contributed by atoms with Gasteiger partial charge in [-0.2, -0.15) is 0 Å². The number of rotatable bonds is 6. The SMILES string of the molecule is CCOCCN(C)C1(CN)CC(C)C1. The molecule has 0 bridgehead atoms. The number of hydrogen-bond acceptors (Lipinski definition) is 3. The zero-order valence-corrected chi connectivity index (χ0v) is 9.75. The second-order valence-electron chi connectivity index (χ2n) is 4.56. The first-order valence-electron chi connectivity index (χ1n) is 5.63. The minimum absolute atomic E-state index is 0.274. The molecular weight excluding hydrogens is 176 g/mol. The molecule has 14 heavy (non-hydrogen) atoms. The summed E-state index contributed by atoms with van der Waals surface area (Å²) < 4.78 is 5.36. The van der Waals surface area contributed by atoms with Crippen LogP contribution in [0.25, 0.3) is 0 Å². The van der Waals surface area contributed by atoms with E-state index in [1.807, 2.05) is 6.92 Å². The summed E-state index contributed by atoms with van der Waals surface area (Å²) in [4.78, 5) is 2.38. The lowest BCUT2D eigenvalue weighted by molar-refractivity contribution is -0.0111. The third kappa shape index (κ3) is 2.47. The van der Waals surface area contributed by atoms with E-state index in [0.29, 0.717) is 0 Å². The molecule has 1 rings (SSSR count). The Balaban J connectivity index is 2.30. The third-order valence-corrected chi connectivity index (χ3v) is 3.42. The fourth-order valence-electron chi connectivity index (χ4n) is 2.45. The topological polar surface area (TPSA) is 38.5 Å². The van der Waals surface area contributed by atoms with Crippen LogP contribution >= 0.6 is 0 Å². The van der Waals surface area contributed by atoms with Crippen molar-refractivity contribution in [3.63, 3.8) is 0 Å². The Morgan fingerprint density at radius 1 is 1.50 bits per heavy atom. The predicted octanol–water partition coefficient (Wildman–Crippen LogP) is 1.08. The Morgan fingerprint density at radius 2 is 2.14 bits per heavy atom. The summed E-state index contributed by atoms with van der Waals surface area (Å²) in [5, 5.41) is 0. The van der Waals surface area contributed by atoms with Crippen molar-refractivity contribution < 1.29 is 4.74 Å². The van der Waals surface area contributed by atoms with Crippen molar-refractivity contribution in [3.8, 4) is 0 Å². The standard InChI is InChI=1S/C11H24N2O/c1-4-14-6-5-13(3)11(9-12)7-10(2)8-11/h10H,4-9,12H2,1-3H3. The van der Waals surface area contributed by atoms with Gasteiger partial charge in [0.15, 0.2) is 0 Å². The molecule has 1 fully saturated rings. The van der Waals surface area contributed by atoms with Crippen LogP contribution < -0.4 is 5.73 Å². The molecule has 0 amide bonds. The molecule has 0 aromatic heterocycles. The molecule has 0 unspecified atom stereocenters. The second kappa shape index (κ2) is 5.10. The predicted molar refractivity (Wildman–Crippen MR) is 59.3 cm³/mol. The van der Waals surface area contributed by atoms with E-state index in [1.54, 1.807) is 0 Å². The van der Waals surface area contributed by atoms with Crippen molar-refractivity contribution in [2.45, 2.75) is 32.2 Å². The molecule has 0 atom stereocenters. The highest BCUT2D eigenvalue weighted by Gasteiger charge is 2.43. The lowest BCUT2D eigenvalue weighted by Gasteiger charge is -2.52.